The first-order valence-electron chi connectivity index (χ1n) is 16.0. The summed E-state index contributed by atoms with van der Waals surface area (Å²) < 4.78 is 7.46. The number of rotatable bonds is 4. The predicted octanol–water partition coefficient (Wildman–Crippen LogP) is 12.4. The number of thiophene rings is 1. The van der Waals surface area contributed by atoms with E-state index in [0.29, 0.717) is 0 Å². The molecule has 0 amide bonds. The number of hydrogen-bond acceptors (Lipinski definition) is 1. The minimum absolute atomic E-state index is 1.17. The lowest BCUT2D eigenvalue weighted by Crippen LogP contribution is -1.93. The summed E-state index contributed by atoms with van der Waals surface area (Å²) in [6.45, 7) is 0. The topological polar surface area (TPSA) is 9.86 Å². The summed E-state index contributed by atoms with van der Waals surface area (Å²) in [5, 5.41) is 5.13. The highest BCUT2D eigenvalue weighted by molar-refractivity contribution is 7.26. The van der Waals surface area contributed by atoms with Gasteiger partial charge in [-0.15, -0.1) is 11.3 Å². The summed E-state index contributed by atoms with van der Waals surface area (Å²) in [6, 6.07) is 61.7. The van der Waals surface area contributed by atoms with Gasteiger partial charge in [-0.3, -0.25) is 0 Å². The second kappa shape index (κ2) is 10.3. The Bertz CT molecular complexity index is 2780. The summed E-state index contributed by atoms with van der Waals surface area (Å²) in [4.78, 5) is 0. The average Bonchev–Trinajstić information content (AvgIpc) is 3.78. The third-order valence-electron chi connectivity index (χ3n) is 9.53. The largest absolute Gasteiger partial charge is 0.309 e. The first kappa shape index (κ1) is 26.3. The molecule has 0 unspecified atom stereocenters. The molecule has 0 N–H and O–H groups in total. The van der Waals surface area contributed by atoms with Crippen LogP contribution >= 0.6 is 11.3 Å². The minimum atomic E-state index is 1.17. The molecule has 0 radical (unpaired) electrons. The molecule has 10 aromatic rings. The smallest absolute Gasteiger partial charge is 0.0727 e. The van der Waals surface area contributed by atoms with Crippen LogP contribution < -0.4 is 0 Å². The summed E-state index contributed by atoms with van der Waals surface area (Å²) in [7, 11) is 0. The van der Waals surface area contributed by atoms with Crippen LogP contribution in [0.3, 0.4) is 0 Å². The Labute approximate surface area is 276 Å². The van der Waals surface area contributed by atoms with Crippen LogP contribution in [-0.2, 0) is 0 Å². The molecule has 0 bridgehead atoms. The van der Waals surface area contributed by atoms with E-state index in [1.165, 1.54) is 86.6 Å². The molecule has 7 aromatic carbocycles. The molecule has 47 heavy (non-hydrogen) atoms. The van der Waals surface area contributed by atoms with E-state index in [4.69, 9.17) is 0 Å². The molecule has 0 aliphatic rings. The Kier molecular flexibility index (Phi) is 5.78. The number of nitrogens with zero attached hydrogens (tertiary/aromatic N) is 2. The molecule has 0 atom stereocenters. The average molecular weight is 617 g/mol. The van der Waals surface area contributed by atoms with Crippen LogP contribution in [0, 0.1) is 0 Å². The van der Waals surface area contributed by atoms with Gasteiger partial charge in [0.1, 0.15) is 0 Å². The van der Waals surface area contributed by atoms with Gasteiger partial charge >= 0.3 is 0 Å². The third-order valence-corrected chi connectivity index (χ3v) is 10.7. The molecule has 3 aromatic heterocycles. The molecule has 0 aliphatic heterocycles. The first-order valence-corrected chi connectivity index (χ1v) is 16.8. The van der Waals surface area contributed by atoms with Crippen molar-refractivity contribution >= 4 is 64.3 Å². The molecule has 10 rings (SSSR count). The number of fused-ring (bicyclic) bond motifs is 8. The van der Waals surface area contributed by atoms with E-state index in [-0.39, 0.29) is 0 Å². The highest BCUT2D eigenvalue weighted by Crippen LogP contribution is 2.44. The zero-order chi connectivity index (χ0) is 30.9. The van der Waals surface area contributed by atoms with Crippen LogP contribution in [0.25, 0.3) is 86.6 Å². The van der Waals surface area contributed by atoms with Crippen LogP contribution in [0.5, 0.6) is 0 Å². The van der Waals surface area contributed by atoms with Gasteiger partial charge in [-0.25, -0.2) is 0 Å². The second-order valence-corrected chi connectivity index (χ2v) is 13.2. The maximum atomic E-state index is 2.43. The maximum absolute atomic E-state index is 2.43. The van der Waals surface area contributed by atoms with Crippen LogP contribution in [0.1, 0.15) is 0 Å². The van der Waals surface area contributed by atoms with Crippen LogP contribution in [0.4, 0.5) is 0 Å². The van der Waals surface area contributed by atoms with E-state index in [2.05, 4.69) is 179 Å². The van der Waals surface area contributed by atoms with Gasteiger partial charge in [0.15, 0.2) is 0 Å². The van der Waals surface area contributed by atoms with Crippen LogP contribution in [0.2, 0.25) is 0 Å². The Hall–Kier alpha value is -5.90. The number of para-hydroxylation sites is 4. The van der Waals surface area contributed by atoms with E-state index in [1.807, 2.05) is 11.3 Å². The SMILES string of the molecule is c1ccc(-n2c3ccccc3c3ccc(-c4ccccc4-c4ccc5c(c4)sc4c6ccccc6n(-c6ccccc6)c54)cc32)cc1. The molecular formula is C44H28N2S. The Morgan fingerprint density at radius 1 is 0.362 bits per heavy atom. The lowest BCUT2D eigenvalue weighted by atomic mass is 9.93. The quantitative estimate of drug-likeness (QED) is 0.186. The molecule has 0 spiro atoms. The van der Waals surface area contributed by atoms with Crippen LogP contribution in [0.15, 0.2) is 170 Å². The van der Waals surface area contributed by atoms with Gasteiger partial charge in [-0.2, -0.15) is 0 Å². The minimum Gasteiger partial charge on any atom is -0.309 e. The zero-order valence-electron chi connectivity index (χ0n) is 25.5. The molecule has 220 valence electrons. The molecule has 0 fully saturated rings. The van der Waals surface area contributed by atoms with Crippen molar-refractivity contribution in [2.75, 3.05) is 0 Å². The summed E-state index contributed by atoms with van der Waals surface area (Å²) in [5.41, 5.74) is 12.3. The number of aromatic nitrogens is 2. The Morgan fingerprint density at radius 3 is 1.57 bits per heavy atom. The van der Waals surface area contributed by atoms with Crippen LogP contribution in [-0.4, -0.2) is 9.13 Å². The third kappa shape index (κ3) is 3.97. The molecule has 0 aliphatic carbocycles. The highest BCUT2D eigenvalue weighted by Gasteiger charge is 2.19. The van der Waals surface area contributed by atoms with Gasteiger partial charge in [0, 0.05) is 37.6 Å². The summed E-state index contributed by atoms with van der Waals surface area (Å²) in [6.07, 6.45) is 0. The number of hydrogen-bond donors (Lipinski definition) is 0. The van der Waals surface area contributed by atoms with Crippen molar-refractivity contribution in [1.29, 1.82) is 0 Å². The van der Waals surface area contributed by atoms with E-state index in [9.17, 15) is 0 Å². The van der Waals surface area contributed by atoms with E-state index in [1.54, 1.807) is 0 Å². The molecule has 0 saturated heterocycles. The standard InChI is InChI=1S/C44H28N2S/c1-3-13-31(14-4-1)45-39-21-11-9-19-35(39)36-25-23-29(27-41(36)45)33-17-7-8-18-34(33)30-24-26-38-42(28-30)47-44-37-20-10-12-22-40(37)46(43(38)44)32-15-5-2-6-16-32/h1-28H. The first-order chi connectivity index (χ1) is 23.3. The van der Waals surface area contributed by atoms with Gasteiger partial charge in [0.25, 0.3) is 0 Å². The summed E-state index contributed by atoms with van der Waals surface area (Å²) in [5.74, 6) is 0. The lowest BCUT2D eigenvalue weighted by molar-refractivity contribution is 1.18. The normalized spacial score (nSPS) is 11.8. The second-order valence-electron chi connectivity index (χ2n) is 12.1. The fourth-order valence-electron chi connectivity index (χ4n) is 7.46. The lowest BCUT2D eigenvalue weighted by Gasteiger charge is -2.13. The van der Waals surface area contributed by atoms with Gasteiger partial charge in [0.05, 0.1) is 26.8 Å². The molecular weight excluding hydrogens is 589 g/mol. The van der Waals surface area contributed by atoms with Crippen molar-refractivity contribution in [2.45, 2.75) is 0 Å². The van der Waals surface area contributed by atoms with Crippen molar-refractivity contribution in [3.63, 3.8) is 0 Å². The van der Waals surface area contributed by atoms with Crippen molar-refractivity contribution in [3.05, 3.63) is 170 Å². The fraction of sp³-hybridized carbons (Fsp3) is 0. The predicted molar refractivity (Wildman–Crippen MR) is 201 cm³/mol. The van der Waals surface area contributed by atoms with Crippen molar-refractivity contribution in [1.82, 2.24) is 9.13 Å². The zero-order valence-corrected chi connectivity index (χ0v) is 26.3. The maximum Gasteiger partial charge on any atom is 0.0727 e. The Morgan fingerprint density at radius 2 is 0.872 bits per heavy atom. The van der Waals surface area contributed by atoms with E-state index in [0.717, 1.165) is 0 Å². The molecule has 3 heteroatoms. The van der Waals surface area contributed by atoms with Crippen molar-refractivity contribution in [2.24, 2.45) is 0 Å². The fourth-order valence-corrected chi connectivity index (χ4v) is 8.72. The Balaban J connectivity index is 1.17. The monoisotopic (exact) mass is 616 g/mol. The molecule has 0 saturated carbocycles. The van der Waals surface area contributed by atoms with E-state index < -0.39 is 0 Å². The summed E-state index contributed by atoms with van der Waals surface area (Å²) >= 11 is 1.90. The molecule has 3 heterocycles. The highest BCUT2D eigenvalue weighted by atomic mass is 32.1. The van der Waals surface area contributed by atoms with Gasteiger partial charge in [-0.05, 0) is 70.8 Å². The van der Waals surface area contributed by atoms with Gasteiger partial charge in [0.2, 0.25) is 0 Å². The van der Waals surface area contributed by atoms with Crippen molar-refractivity contribution in [3.8, 4) is 33.6 Å². The molecule has 2 nitrogen and oxygen atoms in total. The number of benzene rings is 7. The van der Waals surface area contributed by atoms with Crippen molar-refractivity contribution < 1.29 is 0 Å². The van der Waals surface area contributed by atoms with Gasteiger partial charge < -0.3 is 9.13 Å². The van der Waals surface area contributed by atoms with Gasteiger partial charge in [-0.1, -0.05) is 121 Å². The van der Waals surface area contributed by atoms with E-state index >= 15 is 0 Å².